The lowest BCUT2D eigenvalue weighted by Gasteiger charge is -2.21. The number of pyridine rings is 1. The van der Waals surface area contributed by atoms with Crippen LogP contribution in [0.5, 0.6) is 11.5 Å². The lowest BCUT2D eigenvalue weighted by molar-refractivity contribution is 0.412. The van der Waals surface area contributed by atoms with Crippen LogP contribution >= 0.6 is 27.5 Å². The van der Waals surface area contributed by atoms with Crippen molar-refractivity contribution in [2.45, 2.75) is 11.4 Å². The highest BCUT2D eigenvalue weighted by Crippen LogP contribution is 2.34. The number of hydrogen-bond donors (Lipinski definition) is 0. The van der Waals surface area contributed by atoms with Gasteiger partial charge in [-0.25, -0.2) is 17.7 Å². The average Bonchev–Trinajstić information content (AvgIpc) is 3.47. The topological polar surface area (TPSA) is 104 Å². The molecule has 39 heavy (non-hydrogen) atoms. The van der Waals surface area contributed by atoms with Gasteiger partial charge < -0.3 is 13.9 Å². The quantitative estimate of drug-likeness (QED) is 0.213. The number of ether oxygens (including phenoxy) is 2. The number of oxazole rings is 1. The largest absolute Gasteiger partial charge is 0.497 e. The number of sulfonamides is 1. The summed E-state index contributed by atoms with van der Waals surface area (Å²) >= 11 is 9.69. The molecule has 0 saturated carbocycles. The van der Waals surface area contributed by atoms with Gasteiger partial charge in [-0.1, -0.05) is 23.7 Å². The van der Waals surface area contributed by atoms with E-state index in [1.807, 2.05) is 0 Å². The maximum atomic E-state index is 13.9. The highest BCUT2D eigenvalue weighted by molar-refractivity contribution is 9.10. The molecule has 0 aliphatic rings. The highest BCUT2D eigenvalue weighted by Gasteiger charge is 2.29. The fourth-order valence-electron chi connectivity index (χ4n) is 4.11. The standard InChI is InChI=1S/C27H21BrClN3O6S/c1-36-19-6-3-17(4-7-19)16-31(27-30-11-12-38-27)39(34,35)20-8-9-23-18(13-20)5-10-26(33)32(23)24-15-22(29)21(28)14-25(24)37-2/h3-15H,16H2,1-2H3. The average molecular weight is 631 g/mol. The van der Waals surface area contributed by atoms with Gasteiger partial charge in [-0.2, -0.15) is 0 Å². The summed E-state index contributed by atoms with van der Waals surface area (Å²) in [6, 6.07) is 17.6. The Labute approximate surface area is 237 Å². The third-order valence-corrected chi connectivity index (χ3v) is 8.95. The van der Waals surface area contributed by atoms with Gasteiger partial charge in [-0.05, 0) is 70.0 Å². The van der Waals surface area contributed by atoms with Crippen molar-refractivity contribution in [2.24, 2.45) is 0 Å². The van der Waals surface area contributed by atoms with Gasteiger partial charge in [0.15, 0.2) is 0 Å². The predicted molar refractivity (Wildman–Crippen MR) is 152 cm³/mol. The number of benzene rings is 3. The lowest BCUT2D eigenvalue weighted by Crippen LogP contribution is -2.31. The third-order valence-electron chi connectivity index (χ3n) is 6.03. The van der Waals surface area contributed by atoms with Crippen molar-refractivity contribution in [3.8, 4) is 17.2 Å². The molecule has 5 rings (SSSR count). The van der Waals surface area contributed by atoms with Gasteiger partial charge in [0.2, 0.25) is 0 Å². The molecule has 0 N–H and O–H groups in total. The third kappa shape index (κ3) is 5.12. The predicted octanol–water partition coefficient (Wildman–Crippen LogP) is 5.81. The zero-order chi connectivity index (χ0) is 27.7. The molecule has 0 unspecified atom stereocenters. The molecule has 3 aromatic carbocycles. The van der Waals surface area contributed by atoms with Crippen LogP contribution in [0, 0.1) is 0 Å². The minimum absolute atomic E-state index is 0.00675. The van der Waals surface area contributed by atoms with Crippen LogP contribution in [0.4, 0.5) is 6.01 Å². The molecule has 0 aliphatic heterocycles. The van der Waals surface area contributed by atoms with Crippen LogP contribution in [-0.2, 0) is 16.6 Å². The molecular weight excluding hydrogens is 610 g/mol. The second kappa shape index (κ2) is 10.8. The number of nitrogens with zero attached hydrogens (tertiary/aromatic N) is 3. The van der Waals surface area contributed by atoms with Crippen molar-refractivity contribution in [3.63, 3.8) is 0 Å². The van der Waals surface area contributed by atoms with Gasteiger partial charge in [0.05, 0.1) is 48.1 Å². The van der Waals surface area contributed by atoms with Crippen LogP contribution in [-0.4, -0.2) is 32.2 Å². The van der Waals surface area contributed by atoms with E-state index in [4.69, 9.17) is 25.5 Å². The summed E-state index contributed by atoms with van der Waals surface area (Å²) in [6.45, 7) is -0.0288. The molecule has 12 heteroatoms. The summed E-state index contributed by atoms with van der Waals surface area (Å²) in [4.78, 5) is 17.1. The van der Waals surface area contributed by atoms with E-state index in [1.54, 1.807) is 55.6 Å². The van der Waals surface area contributed by atoms with Gasteiger partial charge in [0, 0.05) is 15.9 Å². The Morgan fingerprint density at radius 1 is 1.03 bits per heavy atom. The van der Waals surface area contributed by atoms with Crippen molar-refractivity contribution in [1.82, 2.24) is 9.55 Å². The van der Waals surface area contributed by atoms with Gasteiger partial charge in [0.1, 0.15) is 17.8 Å². The minimum atomic E-state index is -4.14. The molecule has 0 spiro atoms. The van der Waals surface area contributed by atoms with Gasteiger partial charge in [0.25, 0.3) is 15.6 Å². The Morgan fingerprint density at radius 3 is 2.46 bits per heavy atom. The summed E-state index contributed by atoms with van der Waals surface area (Å²) in [7, 11) is -1.09. The first-order valence-electron chi connectivity index (χ1n) is 11.5. The Bertz CT molecular complexity index is 1820. The van der Waals surface area contributed by atoms with E-state index in [2.05, 4.69) is 20.9 Å². The van der Waals surface area contributed by atoms with Crippen molar-refractivity contribution in [2.75, 3.05) is 18.5 Å². The minimum Gasteiger partial charge on any atom is -0.497 e. The van der Waals surface area contributed by atoms with E-state index in [0.717, 1.165) is 4.31 Å². The van der Waals surface area contributed by atoms with Crippen molar-refractivity contribution < 1.29 is 22.3 Å². The Morgan fingerprint density at radius 2 is 1.79 bits per heavy atom. The van der Waals surface area contributed by atoms with E-state index in [-0.39, 0.29) is 23.0 Å². The van der Waals surface area contributed by atoms with E-state index in [9.17, 15) is 13.2 Å². The van der Waals surface area contributed by atoms with Gasteiger partial charge >= 0.3 is 6.01 Å². The summed E-state index contributed by atoms with van der Waals surface area (Å²) in [6.07, 6.45) is 2.68. The number of halogens is 2. The molecule has 5 aromatic rings. The number of hydrogen-bond acceptors (Lipinski definition) is 7. The maximum Gasteiger partial charge on any atom is 0.311 e. The normalized spacial score (nSPS) is 11.5. The molecule has 2 heterocycles. The molecule has 2 aromatic heterocycles. The molecule has 0 bridgehead atoms. The zero-order valence-corrected chi connectivity index (χ0v) is 23.8. The van der Waals surface area contributed by atoms with Crippen LogP contribution in [0.2, 0.25) is 5.02 Å². The Kier molecular flexibility index (Phi) is 7.39. The SMILES string of the molecule is COc1ccc(CN(c2ncco2)S(=O)(=O)c2ccc3c(ccc(=O)n3-c3cc(Cl)c(Br)cc3OC)c2)cc1. The first-order valence-corrected chi connectivity index (χ1v) is 14.1. The van der Waals surface area contributed by atoms with E-state index in [1.165, 1.54) is 42.3 Å². The van der Waals surface area contributed by atoms with Crippen LogP contribution < -0.4 is 19.3 Å². The second-order valence-electron chi connectivity index (χ2n) is 8.34. The summed E-state index contributed by atoms with van der Waals surface area (Å²) in [5.74, 6) is 1.06. The fourth-order valence-corrected chi connectivity index (χ4v) is 5.97. The maximum absolute atomic E-state index is 13.9. The van der Waals surface area contributed by atoms with Crippen molar-refractivity contribution in [1.29, 1.82) is 0 Å². The molecule has 0 atom stereocenters. The summed E-state index contributed by atoms with van der Waals surface area (Å²) < 4.78 is 47.0. The zero-order valence-electron chi connectivity index (χ0n) is 20.7. The van der Waals surface area contributed by atoms with Crippen molar-refractivity contribution in [3.05, 3.63) is 105 Å². The molecule has 200 valence electrons. The van der Waals surface area contributed by atoms with Crippen LogP contribution in [0.25, 0.3) is 16.6 Å². The number of anilines is 1. The van der Waals surface area contributed by atoms with Gasteiger partial charge in [-0.3, -0.25) is 9.36 Å². The Hall–Kier alpha value is -3.80. The number of rotatable bonds is 8. The number of aromatic nitrogens is 2. The summed E-state index contributed by atoms with van der Waals surface area (Å²) in [5, 5.41) is 0.891. The van der Waals surface area contributed by atoms with Gasteiger partial charge in [-0.15, -0.1) is 0 Å². The van der Waals surface area contributed by atoms with Crippen LogP contribution in [0.1, 0.15) is 5.56 Å². The number of fused-ring (bicyclic) bond motifs is 1. The lowest BCUT2D eigenvalue weighted by atomic mass is 10.2. The second-order valence-corrected chi connectivity index (χ2v) is 11.5. The van der Waals surface area contributed by atoms with E-state index < -0.39 is 10.0 Å². The van der Waals surface area contributed by atoms with Crippen molar-refractivity contribution >= 4 is 54.5 Å². The van der Waals surface area contributed by atoms with E-state index >= 15 is 0 Å². The van der Waals surface area contributed by atoms with E-state index in [0.29, 0.717) is 43.1 Å². The molecule has 0 saturated heterocycles. The highest BCUT2D eigenvalue weighted by atomic mass is 79.9. The smallest absolute Gasteiger partial charge is 0.311 e. The first kappa shape index (κ1) is 26.8. The molecule has 0 amide bonds. The molecule has 0 aliphatic carbocycles. The monoisotopic (exact) mass is 629 g/mol. The molecule has 0 radical (unpaired) electrons. The van der Waals surface area contributed by atoms with Crippen LogP contribution in [0.3, 0.4) is 0 Å². The fraction of sp³-hybridized carbons (Fsp3) is 0.111. The molecule has 0 fully saturated rings. The summed E-state index contributed by atoms with van der Waals surface area (Å²) in [5.41, 5.74) is 1.25. The number of methoxy groups -OCH3 is 2. The first-order chi connectivity index (χ1) is 18.7. The van der Waals surface area contributed by atoms with Crippen LogP contribution in [0.15, 0.2) is 97.8 Å². The molecule has 9 nitrogen and oxygen atoms in total. The Balaban J connectivity index is 1.62. The molecular formula is C27H21BrClN3O6S.